The Hall–Kier alpha value is -2.24. The highest BCUT2D eigenvalue weighted by Crippen LogP contribution is 2.37. The molecule has 0 aromatic heterocycles. The van der Waals surface area contributed by atoms with Crippen LogP contribution in [0.2, 0.25) is 0 Å². The number of ether oxygens (including phenoxy) is 2. The predicted molar refractivity (Wildman–Crippen MR) is 88.0 cm³/mol. The number of carbonyl (C=O) groups excluding carboxylic acids is 1. The van der Waals surface area contributed by atoms with Crippen molar-refractivity contribution in [2.24, 2.45) is 11.8 Å². The maximum absolute atomic E-state index is 12.6. The van der Waals surface area contributed by atoms with E-state index in [1.54, 1.807) is 6.08 Å². The van der Waals surface area contributed by atoms with Crippen molar-refractivity contribution in [2.45, 2.75) is 32.0 Å². The van der Waals surface area contributed by atoms with Crippen LogP contribution in [-0.4, -0.2) is 18.7 Å². The Morgan fingerprint density at radius 3 is 2.44 bits per heavy atom. The molecule has 1 aliphatic rings. The van der Waals surface area contributed by atoms with Gasteiger partial charge in [-0.15, -0.1) is 6.58 Å². The molecule has 1 aromatic rings. The molecule has 1 fully saturated rings. The van der Waals surface area contributed by atoms with Gasteiger partial charge in [0.05, 0.1) is 5.56 Å². The third-order valence-corrected chi connectivity index (χ3v) is 4.20. The lowest BCUT2D eigenvalue weighted by atomic mass is 10.00. The molecule has 6 heteroatoms. The zero-order chi connectivity index (χ0) is 18.4. The van der Waals surface area contributed by atoms with Crippen molar-refractivity contribution in [3.63, 3.8) is 0 Å². The van der Waals surface area contributed by atoms with E-state index < -0.39 is 11.7 Å². The van der Waals surface area contributed by atoms with Gasteiger partial charge in [-0.1, -0.05) is 18.2 Å². The minimum Gasteiger partial charge on any atom is -0.489 e. The molecule has 25 heavy (non-hydrogen) atoms. The molecule has 0 N–H and O–H groups in total. The van der Waals surface area contributed by atoms with E-state index in [1.165, 1.54) is 19.1 Å². The van der Waals surface area contributed by atoms with E-state index in [0.29, 0.717) is 5.75 Å². The normalized spacial score (nSPS) is 23.6. The van der Waals surface area contributed by atoms with Crippen LogP contribution in [-0.2, 0) is 15.7 Å². The maximum atomic E-state index is 12.6. The van der Waals surface area contributed by atoms with E-state index in [4.69, 9.17) is 9.47 Å². The summed E-state index contributed by atoms with van der Waals surface area (Å²) < 4.78 is 48.7. The smallest absolute Gasteiger partial charge is 0.416 e. The van der Waals surface area contributed by atoms with Gasteiger partial charge in [-0.25, -0.2) is 0 Å². The molecule has 0 bridgehead atoms. The molecule has 0 spiro atoms. The number of rotatable bonds is 6. The summed E-state index contributed by atoms with van der Waals surface area (Å²) in [6.45, 7) is 5.35. The number of hydrogen-bond donors (Lipinski definition) is 0. The highest BCUT2D eigenvalue weighted by molar-refractivity contribution is 5.65. The number of alkyl halides is 3. The molecule has 0 saturated heterocycles. The van der Waals surface area contributed by atoms with Crippen LogP contribution >= 0.6 is 0 Å². The van der Waals surface area contributed by atoms with Crippen LogP contribution in [0.5, 0.6) is 5.75 Å². The fourth-order valence-corrected chi connectivity index (χ4v) is 2.94. The molecular formula is C19H21F3O3. The van der Waals surface area contributed by atoms with Crippen molar-refractivity contribution < 1.29 is 27.4 Å². The van der Waals surface area contributed by atoms with E-state index in [-0.39, 0.29) is 30.5 Å². The first-order valence-electron chi connectivity index (χ1n) is 8.07. The van der Waals surface area contributed by atoms with Crippen molar-refractivity contribution in [3.05, 3.63) is 54.6 Å². The minimum atomic E-state index is -4.36. The van der Waals surface area contributed by atoms with Crippen molar-refractivity contribution in [1.82, 2.24) is 0 Å². The SMILES string of the molecule is C=C[C@@H]1CC[C@H](C=CCOC(C)=O)[C@H]1Oc1ccc(C(F)(F)F)cc1. The number of carbonyl (C=O) groups is 1. The maximum Gasteiger partial charge on any atom is 0.416 e. The van der Waals surface area contributed by atoms with E-state index in [0.717, 1.165) is 25.0 Å². The average Bonchev–Trinajstić information content (AvgIpc) is 2.93. The number of esters is 1. The van der Waals surface area contributed by atoms with Gasteiger partial charge in [-0.05, 0) is 37.1 Å². The van der Waals surface area contributed by atoms with Crippen molar-refractivity contribution in [3.8, 4) is 5.75 Å². The number of benzene rings is 1. The molecule has 0 heterocycles. The van der Waals surface area contributed by atoms with Gasteiger partial charge in [0.1, 0.15) is 18.5 Å². The summed E-state index contributed by atoms with van der Waals surface area (Å²) in [6.07, 6.45) is 2.70. The molecule has 1 saturated carbocycles. The molecular weight excluding hydrogens is 333 g/mol. The van der Waals surface area contributed by atoms with Gasteiger partial charge in [-0.3, -0.25) is 4.79 Å². The Kier molecular flexibility index (Phi) is 6.28. The zero-order valence-electron chi connectivity index (χ0n) is 14.0. The molecule has 1 aliphatic carbocycles. The second kappa shape index (κ2) is 8.23. The summed E-state index contributed by atoms with van der Waals surface area (Å²) in [5.41, 5.74) is -0.704. The highest BCUT2D eigenvalue weighted by atomic mass is 19.4. The molecule has 0 radical (unpaired) electrons. The van der Waals surface area contributed by atoms with Crippen LogP contribution in [0.3, 0.4) is 0 Å². The Morgan fingerprint density at radius 2 is 1.88 bits per heavy atom. The minimum absolute atomic E-state index is 0.0841. The van der Waals surface area contributed by atoms with Crippen LogP contribution in [0.1, 0.15) is 25.3 Å². The molecule has 0 amide bonds. The Morgan fingerprint density at radius 1 is 1.24 bits per heavy atom. The topological polar surface area (TPSA) is 35.5 Å². The third kappa shape index (κ3) is 5.37. The molecule has 136 valence electrons. The fourth-order valence-electron chi connectivity index (χ4n) is 2.94. The van der Waals surface area contributed by atoms with E-state index >= 15 is 0 Å². The van der Waals surface area contributed by atoms with E-state index in [1.807, 2.05) is 12.2 Å². The van der Waals surface area contributed by atoms with Gasteiger partial charge >= 0.3 is 12.1 Å². The van der Waals surface area contributed by atoms with Gasteiger partial charge < -0.3 is 9.47 Å². The van der Waals surface area contributed by atoms with E-state index in [2.05, 4.69) is 6.58 Å². The monoisotopic (exact) mass is 354 g/mol. The van der Waals surface area contributed by atoms with Crippen molar-refractivity contribution in [1.29, 1.82) is 0 Å². The average molecular weight is 354 g/mol. The van der Waals surface area contributed by atoms with Crippen molar-refractivity contribution in [2.75, 3.05) is 6.61 Å². The highest BCUT2D eigenvalue weighted by Gasteiger charge is 2.35. The lowest BCUT2D eigenvalue weighted by Gasteiger charge is -2.23. The molecule has 0 aliphatic heterocycles. The van der Waals surface area contributed by atoms with Crippen LogP contribution in [0.4, 0.5) is 13.2 Å². The summed E-state index contributed by atoms with van der Waals surface area (Å²) in [5, 5.41) is 0. The lowest BCUT2D eigenvalue weighted by molar-refractivity contribution is -0.140. The van der Waals surface area contributed by atoms with Gasteiger partial charge in [0.2, 0.25) is 0 Å². The number of halogens is 3. The van der Waals surface area contributed by atoms with Gasteiger partial charge in [0.25, 0.3) is 0 Å². The van der Waals surface area contributed by atoms with Gasteiger partial charge in [0, 0.05) is 18.8 Å². The van der Waals surface area contributed by atoms with Crippen molar-refractivity contribution >= 4 is 5.97 Å². The predicted octanol–water partition coefficient (Wildman–Crippen LogP) is 4.78. The molecule has 3 atom stereocenters. The van der Waals surface area contributed by atoms with Gasteiger partial charge in [-0.2, -0.15) is 13.2 Å². The molecule has 0 unspecified atom stereocenters. The fraction of sp³-hybridized carbons (Fsp3) is 0.421. The lowest BCUT2D eigenvalue weighted by Crippen LogP contribution is -2.26. The van der Waals surface area contributed by atoms with Crippen LogP contribution in [0.15, 0.2) is 49.1 Å². The summed E-state index contributed by atoms with van der Waals surface area (Å²) in [7, 11) is 0. The Bertz CT molecular complexity index is 620. The van der Waals surface area contributed by atoms with Crippen LogP contribution in [0.25, 0.3) is 0 Å². The van der Waals surface area contributed by atoms with Crippen LogP contribution in [0, 0.1) is 11.8 Å². The third-order valence-electron chi connectivity index (χ3n) is 4.20. The molecule has 2 rings (SSSR count). The summed E-state index contributed by atoms with van der Waals surface area (Å²) in [5.74, 6) is 0.245. The number of hydrogen-bond acceptors (Lipinski definition) is 3. The quantitative estimate of drug-likeness (QED) is 0.545. The Labute approximate surface area is 145 Å². The molecule has 3 nitrogen and oxygen atoms in total. The second-order valence-corrected chi connectivity index (χ2v) is 5.98. The van der Waals surface area contributed by atoms with Gasteiger partial charge in [0.15, 0.2) is 0 Å². The second-order valence-electron chi connectivity index (χ2n) is 5.98. The first-order valence-corrected chi connectivity index (χ1v) is 8.07. The zero-order valence-corrected chi connectivity index (χ0v) is 14.0. The first-order chi connectivity index (χ1) is 11.8. The van der Waals surface area contributed by atoms with E-state index in [9.17, 15) is 18.0 Å². The summed E-state index contributed by atoms with van der Waals surface area (Å²) in [6, 6.07) is 4.69. The first kappa shape index (κ1) is 19.1. The largest absolute Gasteiger partial charge is 0.489 e. The summed E-state index contributed by atoms with van der Waals surface area (Å²) >= 11 is 0. The standard InChI is InChI=1S/C19H21F3O3/c1-3-14-6-7-15(5-4-12-24-13(2)23)18(14)25-17-10-8-16(9-11-17)19(20,21)22/h3-5,8-11,14-15,18H,1,6-7,12H2,2H3/t14-,15+,18+/m1/s1. The summed E-state index contributed by atoms with van der Waals surface area (Å²) in [4.78, 5) is 10.8. The molecule has 1 aromatic carbocycles. The Balaban J connectivity index is 2.05. The van der Waals surface area contributed by atoms with Crippen LogP contribution < -0.4 is 4.74 Å².